The number of hydrogen-bond donors (Lipinski definition) is 1. The fourth-order valence-corrected chi connectivity index (χ4v) is 3.38. The van der Waals surface area contributed by atoms with Crippen LogP contribution in [0.15, 0.2) is 65.4 Å². The lowest BCUT2D eigenvalue weighted by Gasteiger charge is -2.17. The third-order valence-electron chi connectivity index (χ3n) is 4.69. The minimum absolute atomic E-state index is 0.466. The van der Waals surface area contributed by atoms with Crippen LogP contribution in [0.1, 0.15) is 12.0 Å². The maximum Gasteiger partial charge on any atom is 0.263 e. The van der Waals surface area contributed by atoms with Crippen LogP contribution in [0, 0.1) is 0 Å². The van der Waals surface area contributed by atoms with E-state index in [0.717, 1.165) is 42.8 Å². The molecule has 2 aromatic heterocycles. The number of halogens is 1. The van der Waals surface area contributed by atoms with Gasteiger partial charge in [0.1, 0.15) is 23.2 Å². The van der Waals surface area contributed by atoms with E-state index in [2.05, 4.69) is 56.7 Å². The Kier molecular flexibility index (Phi) is 6.03. The molecule has 29 heavy (non-hydrogen) atoms. The van der Waals surface area contributed by atoms with Crippen molar-refractivity contribution in [2.75, 3.05) is 25.5 Å². The third kappa shape index (κ3) is 4.72. The van der Waals surface area contributed by atoms with Gasteiger partial charge in [-0.2, -0.15) is 4.98 Å². The van der Waals surface area contributed by atoms with E-state index in [1.807, 2.05) is 30.3 Å². The van der Waals surface area contributed by atoms with Crippen molar-refractivity contribution in [3.63, 3.8) is 0 Å². The Morgan fingerprint density at radius 2 is 1.83 bits per heavy atom. The van der Waals surface area contributed by atoms with Gasteiger partial charge < -0.3 is 14.7 Å². The highest BCUT2D eigenvalue weighted by molar-refractivity contribution is 6.30. The summed E-state index contributed by atoms with van der Waals surface area (Å²) in [5.41, 5.74) is 3.40. The zero-order valence-electron chi connectivity index (χ0n) is 16.2. The second-order valence-electron chi connectivity index (χ2n) is 6.94. The number of benzene rings is 2. The van der Waals surface area contributed by atoms with Crippen molar-refractivity contribution in [1.82, 2.24) is 20.0 Å². The lowest BCUT2D eigenvalue weighted by Crippen LogP contribution is -2.21. The Balaban J connectivity index is 1.40. The summed E-state index contributed by atoms with van der Waals surface area (Å²) in [4.78, 5) is 10.9. The van der Waals surface area contributed by atoms with Crippen LogP contribution in [0.4, 0.5) is 5.82 Å². The number of anilines is 1. The molecule has 0 saturated heterocycles. The van der Waals surface area contributed by atoms with Crippen molar-refractivity contribution in [2.45, 2.75) is 13.0 Å². The van der Waals surface area contributed by atoms with E-state index in [-0.39, 0.29) is 0 Å². The van der Waals surface area contributed by atoms with Crippen molar-refractivity contribution in [3.8, 4) is 11.3 Å². The average molecular weight is 408 g/mol. The molecule has 1 N–H and O–H groups in total. The van der Waals surface area contributed by atoms with Crippen LogP contribution < -0.4 is 5.32 Å². The lowest BCUT2D eigenvalue weighted by atomic mass is 10.1. The molecule has 4 aromatic rings. The Morgan fingerprint density at radius 3 is 2.62 bits per heavy atom. The molecule has 2 aromatic carbocycles. The Labute approximate surface area is 174 Å². The van der Waals surface area contributed by atoms with E-state index < -0.39 is 0 Å². The maximum absolute atomic E-state index is 6.00. The van der Waals surface area contributed by atoms with Crippen LogP contribution in [0.2, 0.25) is 5.02 Å². The van der Waals surface area contributed by atoms with Gasteiger partial charge in [0.2, 0.25) is 0 Å². The van der Waals surface area contributed by atoms with E-state index in [0.29, 0.717) is 16.4 Å². The zero-order chi connectivity index (χ0) is 20.1. The second kappa shape index (κ2) is 9.03. The molecule has 0 radical (unpaired) electrons. The first-order chi connectivity index (χ1) is 14.2. The Bertz CT molecular complexity index is 1070. The van der Waals surface area contributed by atoms with Crippen molar-refractivity contribution in [3.05, 3.63) is 71.5 Å². The number of nitrogens with zero attached hydrogens (tertiary/aromatic N) is 4. The molecule has 0 aliphatic rings. The quantitative estimate of drug-likeness (QED) is 0.420. The minimum atomic E-state index is 0.466. The predicted octanol–water partition coefficient (Wildman–Crippen LogP) is 4.87. The topological polar surface area (TPSA) is 67.1 Å². The number of nitrogens with one attached hydrogen (secondary N) is 1. The number of hydrogen-bond acceptors (Lipinski definition) is 6. The summed E-state index contributed by atoms with van der Waals surface area (Å²) in [6.07, 6.45) is 2.47. The largest absolute Gasteiger partial charge is 0.369 e. The van der Waals surface area contributed by atoms with Crippen molar-refractivity contribution >= 4 is 28.5 Å². The molecule has 0 fully saturated rings. The summed E-state index contributed by atoms with van der Waals surface area (Å²) < 4.78 is 5.40. The predicted molar refractivity (Wildman–Crippen MR) is 116 cm³/mol. The molecule has 0 spiro atoms. The molecule has 2 heterocycles. The summed E-state index contributed by atoms with van der Waals surface area (Å²) >= 11 is 6.00. The maximum atomic E-state index is 6.00. The second-order valence-corrected chi connectivity index (χ2v) is 7.38. The number of rotatable bonds is 8. The summed E-state index contributed by atoms with van der Waals surface area (Å²) in [7, 11) is 2.13. The van der Waals surface area contributed by atoms with Gasteiger partial charge in [-0.05, 0) is 37.7 Å². The van der Waals surface area contributed by atoms with E-state index >= 15 is 0 Å². The van der Waals surface area contributed by atoms with Crippen molar-refractivity contribution < 1.29 is 4.52 Å². The molecule has 0 saturated carbocycles. The van der Waals surface area contributed by atoms with Gasteiger partial charge in [0.05, 0.1) is 0 Å². The van der Waals surface area contributed by atoms with Gasteiger partial charge >= 0.3 is 0 Å². The summed E-state index contributed by atoms with van der Waals surface area (Å²) in [6, 6.07) is 18.0. The third-order valence-corrected chi connectivity index (χ3v) is 4.95. The monoisotopic (exact) mass is 407 g/mol. The fraction of sp³-hybridized carbons (Fsp3) is 0.227. The first-order valence-corrected chi connectivity index (χ1v) is 9.91. The molecule has 0 amide bonds. The van der Waals surface area contributed by atoms with Crippen LogP contribution in [-0.4, -0.2) is 40.2 Å². The SMILES string of the molecule is CN(CCCNc1ncnc2onc(-c3ccc(Cl)cc3)c12)Cc1ccccc1. The molecule has 4 rings (SSSR count). The highest BCUT2D eigenvalue weighted by atomic mass is 35.5. The molecule has 0 aliphatic carbocycles. The molecule has 148 valence electrons. The van der Waals surface area contributed by atoms with Crippen LogP contribution in [0.25, 0.3) is 22.4 Å². The molecule has 0 bridgehead atoms. The molecule has 6 nitrogen and oxygen atoms in total. The van der Waals surface area contributed by atoms with E-state index in [9.17, 15) is 0 Å². The van der Waals surface area contributed by atoms with Gasteiger partial charge in [0, 0.05) is 23.7 Å². The van der Waals surface area contributed by atoms with Gasteiger partial charge in [0.15, 0.2) is 0 Å². The first-order valence-electron chi connectivity index (χ1n) is 9.53. The lowest BCUT2D eigenvalue weighted by molar-refractivity contribution is 0.325. The van der Waals surface area contributed by atoms with E-state index in [4.69, 9.17) is 16.1 Å². The first kappa shape index (κ1) is 19.4. The van der Waals surface area contributed by atoms with Gasteiger partial charge in [-0.1, -0.05) is 59.2 Å². The van der Waals surface area contributed by atoms with Crippen LogP contribution in [0.3, 0.4) is 0 Å². The fourth-order valence-electron chi connectivity index (χ4n) is 3.26. The normalized spacial score (nSPS) is 11.3. The zero-order valence-corrected chi connectivity index (χ0v) is 16.9. The van der Waals surface area contributed by atoms with Gasteiger partial charge in [-0.15, -0.1) is 0 Å². The summed E-state index contributed by atoms with van der Waals surface area (Å²) in [6.45, 7) is 2.70. The summed E-state index contributed by atoms with van der Waals surface area (Å²) in [5.74, 6) is 0.729. The van der Waals surface area contributed by atoms with Gasteiger partial charge in [-0.3, -0.25) is 0 Å². The van der Waals surface area contributed by atoms with Crippen molar-refractivity contribution in [1.29, 1.82) is 0 Å². The highest BCUT2D eigenvalue weighted by Gasteiger charge is 2.16. The molecule has 7 heteroatoms. The smallest absolute Gasteiger partial charge is 0.263 e. The molecule has 0 unspecified atom stereocenters. The van der Waals surface area contributed by atoms with E-state index in [1.54, 1.807) is 0 Å². The van der Waals surface area contributed by atoms with Crippen LogP contribution in [0.5, 0.6) is 0 Å². The van der Waals surface area contributed by atoms with Gasteiger partial charge in [-0.25, -0.2) is 4.98 Å². The number of aromatic nitrogens is 3. The molecule has 0 atom stereocenters. The van der Waals surface area contributed by atoms with Crippen molar-refractivity contribution in [2.24, 2.45) is 0 Å². The Hall–Kier alpha value is -2.96. The standard InChI is InChI=1S/C22H22ClN5O/c1-28(14-16-6-3-2-4-7-16)13-5-12-24-21-19-20(17-8-10-18(23)11-9-17)27-29-22(19)26-15-25-21/h2-4,6-11,15H,5,12-14H2,1H3,(H,24,25,26). The average Bonchev–Trinajstić information content (AvgIpc) is 3.17. The van der Waals surface area contributed by atoms with Crippen LogP contribution >= 0.6 is 11.6 Å². The van der Waals surface area contributed by atoms with Gasteiger partial charge in [0.25, 0.3) is 5.71 Å². The van der Waals surface area contributed by atoms with Crippen LogP contribution in [-0.2, 0) is 6.54 Å². The Morgan fingerprint density at radius 1 is 1.03 bits per heavy atom. The highest BCUT2D eigenvalue weighted by Crippen LogP contribution is 2.31. The molecule has 0 aliphatic heterocycles. The van der Waals surface area contributed by atoms with E-state index in [1.165, 1.54) is 11.9 Å². The molecular formula is C22H22ClN5O. The summed E-state index contributed by atoms with van der Waals surface area (Å²) in [5, 5.41) is 9.06. The number of fused-ring (bicyclic) bond motifs is 1. The minimum Gasteiger partial charge on any atom is -0.369 e. The molecular weight excluding hydrogens is 386 g/mol.